The Balaban J connectivity index is 1.95. The van der Waals surface area contributed by atoms with Crippen LogP contribution in [0.3, 0.4) is 0 Å². The van der Waals surface area contributed by atoms with Gasteiger partial charge in [0.25, 0.3) is 0 Å². The lowest BCUT2D eigenvalue weighted by molar-refractivity contribution is 0.194. The van der Waals surface area contributed by atoms with Crippen molar-refractivity contribution < 1.29 is 8.42 Å². The Morgan fingerprint density at radius 2 is 1.67 bits per heavy atom. The molecule has 0 aromatic heterocycles. The lowest BCUT2D eigenvalue weighted by atomic mass is 10.0. The van der Waals surface area contributed by atoms with Gasteiger partial charge in [0.1, 0.15) is 0 Å². The topological polar surface area (TPSA) is 37.4 Å². The molecular weight excluding hydrogens is 210 g/mol. The van der Waals surface area contributed by atoms with Crippen molar-refractivity contribution in [1.29, 1.82) is 0 Å². The average Bonchev–Trinajstić information content (AvgIpc) is 2.17. The van der Waals surface area contributed by atoms with Gasteiger partial charge in [-0.2, -0.15) is 0 Å². The fraction of sp³-hybridized carbons (Fsp3) is 1.00. The molecule has 2 rings (SSSR count). The third kappa shape index (κ3) is 2.21. The van der Waals surface area contributed by atoms with Crippen LogP contribution in [0.4, 0.5) is 0 Å². The van der Waals surface area contributed by atoms with Crippen molar-refractivity contribution >= 4 is 9.84 Å². The molecule has 0 aromatic carbocycles. The van der Waals surface area contributed by atoms with Gasteiger partial charge >= 0.3 is 0 Å². The number of nitrogens with zero attached hydrogens (tertiary/aromatic N) is 1. The van der Waals surface area contributed by atoms with Gasteiger partial charge in [0.05, 0.1) is 10.5 Å². The summed E-state index contributed by atoms with van der Waals surface area (Å²) in [5.41, 5.74) is 0. The van der Waals surface area contributed by atoms with Crippen LogP contribution < -0.4 is 0 Å². The summed E-state index contributed by atoms with van der Waals surface area (Å²) >= 11 is 0. The summed E-state index contributed by atoms with van der Waals surface area (Å²) in [6.07, 6.45) is 5.25. The molecule has 0 atom stereocenters. The molecule has 4 heteroatoms. The van der Waals surface area contributed by atoms with E-state index in [2.05, 4.69) is 11.8 Å². The van der Waals surface area contributed by atoms with Gasteiger partial charge < -0.3 is 4.90 Å². The molecule has 1 aliphatic heterocycles. The Kier molecular flexibility index (Phi) is 3.36. The molecule has 0 N–H and O–H groups in total. The van der Waals surface area contributed by atoms with Gasteiger partial charge in [0.2, 0.25) is 0 Å². The van der Waals surface area contributed by atoms with E-state index < -0.39 is 9.84 Å². The van der Waals surface area contributed by atoms with Crippen molar-refractivity contribution in [2.75, 3.05) is 19.6 Å². The molecule has 88 valence electrons. The maximum atomic E-state index is 12.2. The minimum Gasteiger partial charge on any atom is -0.301 e. The van der Waals surface area contributed by atoms with E-state index in [0.29, 0.717) is 0 Å². The van der Waals surface area contributed by atoms with Crippen molar-refractivity contribution in [2.24, 2.45) is 0 Å². The third-order valence-electron chi connectivity index (χ3n) is 3.85. The van der Waals surface area contributed by atoms with E-state index in [-0.39, 0.29) is 10.5 Å². The standard InChI is InChI=1S/C11H21NO2S/c1-2-12-8-11(9-12)15(13,14)10-6-4-3-5-7-10/h10-11H,2-9H2,1H3. The maximum Gasteiger partial charge on any atom is 0.158 e. The summed E-state index contributed by atoms with van der Waals surface area (Å²) in [6, 6.07) is 0. The van der Waals surface area contributed by atoms with E-state index >= 15 is 0 Å². The van der Waals surface area contributed by atoms with Gasteiger partial charge in [-0.1, -0.05) is 26.2 Å². The molecule has 0 bridgehead atoms. The highest BCUT2D eigenvalue weighted by atomic mass is 32.2. The molecule has 2 fully saturated rings. The van der Waals surface area contributed by atoms with E-state index in [0.717, 1.165) is 45.3 Å². The van der Waals surface area contributed by atoms with Crippen LogP contribution in [0.15, 0.2) is 0 Å². The molecule has 1 heterocycles. The first kappa shape index (κ1) is 11.4. The first-order chi connectivity index (χ1) is 7.14. The average molecular weight is 231 g/mol. The van der Waals surface area contributed by atoms with Crippen molar-refractivity contribution in [3.8, 4) is 0 Å². The zero-order valence-corrected chi connectivity index (χ0v) is 10.3. The quantitative estimate of drug-likeness (QED) is 0.737. The first-order valence-electron chi connectivity index (χ1n) is 6.09. The highest BCUT2D eigenvalue weighted by Crippen LogP contribution is 2.29. The van der Waals surface area contributed by atoms with Gasteiger partial charge in [0.15, 0.2) is 9.84 Å². The van der Waals surface area contributed by atoms with Crippen LogP contribution >= 0.6 is 0 Å². The van der Waals surface area contributed by atoms with Gasteiger partial charge in [0, 0.05) is 13.1 Å². The second-order valence-corrected chi connectivity index (χ2v) is 7.33. The summed E-state index contributed by atoms with van der Waals surface area (Å²) < 4.78 is 24.4. The highest BCUT2D eigenvalue weighted by Gasteiger charge is 2.41. The van der Waals surface area contributed by atoms with Gasteiger partial charge in [-0.15, -0.1) is 0 Å². The molecule has 15 heavy (non-hydrogen) atoms. The molecule has 1 saturated carbocycles. The number of hydrogen-bond donors (Lipinski definition) is 0. The van der Waals surface area contributed by atoms with E-state index in [1.807, 2.05) is 0 Å². The second kappa shape index (κ2) is 4.42. The van der Waals surface area contributed by atoms with Gasteiger partial charge in [-0.05, 0) is 19.4 Å². The molecule has 0 spiro atoms. The van der Waals surface area contributed by atoms with Crippen LogP contribution in [0.5, 0.6) is 0 Å². The monoisotopic (exact) mass is 231 g/mol. The second-order valence-electron chi connectivity index (χ2n) is 4.82. The molecule has 0 amide bonds. The summed E-state index contributed by atoms with van der Waals surface area (Å²) in [6.45, 7) is 4.62. The third-order valence-corrected chi connectivity index (χ3v) is 6.48. The van der Waals surface area contributed by atoms with E-state index in [9.17, 15) is 8.42 Å². The lowest BCUT2D eigenvalue weighted by Gasteiger charge is -2.40. The van der Waals surface area contributed by atoms with Crippen LogP contribution in [0, 0.1) is 0 Å². The lowest BCUT2D eigenvalue weighted by Crippen LogP contribution is -2.56. The summed E-state index contributed by atoms with van der Waals surface area (Å²) in [5.74, 6) is 0. The molecule has 1 saturated heterocycles. The minimum atomic E-state index is -2.81. The number of likely N-dealkylation sites (tertiary alicyclic amines) is 1. The summed E-state index contributed by atoms with van der Waals surface area (Å²) in [5, 5.41) is -0.0733. The zero-order valence-electron chi connectivity index (χ0n) is 9.48. The highest BCUT2D eigenvalue weighted by molar-refractivity contribution is 7.92. The Hall–Kier alpha value is -0.0900. The molecular formula is C11H21NO2S. The Morgan fingerprint density at radius 1 is 1.07 bits per heavy atom. The van der Waals surface area contributed by atoms with Crippen LogP contribution in [0.2, 0.25) is 0 Å². The minimum absolute atomic E-state index is 0.0183. The normalized spacial score (nSPS) is 26.5. The SMILES string of the molecule is CCN1CC(S(=O)(=O)C2CCCCC2)C1. The number of hydrogen-bond acceptors (Lipinski definition) is 3. The largest absolute Gasteiger partial charge is 0.301 e. The molecule has 0 unspecified atom stereocenters. The van der Waals surface area contributed by atoms with Gasteiger partial charge in [-0.25, -0.2) is 8.42 Å². The molecule has 3 nitrogen and oxygen atoms in total. The van der Waals surface area contributed by atoms with Crippen LogP contribution in [-0.2, 0) is 9.84 Å². The van der Waals surface area contributed by atoms with E-state index in [1.165, 1.54) is 6.42 Å². The molecule has 2 aliphatic rings. The Bertz CT molecular complexity index is 301. The van der Waals surface area contributed by atoms with Crippen LogP contribution in [0.25, 0.3) is 0 Å². The van der Waals surface area contributed by atoms with E-state index in [4.69, 9.17) is 0 Å². The van der Waals surface area contributed by atoms with Gasteiger partial charge in [-0.3, -0.25) is 0 Å². The smallest absolute Gasteiger partial charge is 0.158 e. The van der Waals surface area contributed by atoms with Crippen molar-refractivity contribution in [3.63, 3.8) is 0 Å². The Labute approximate surface area is 92.8 Å². The zero-order chi connectivity index (χ0) is 10.9. The fourth-order valence-corrected chi connectivity index (χ4v) is 5.03. The predicted octanol–water partition coefficient (Wildman–Crippen LogP) is 1.44. The van der Waals surface area contributed by atoms with Crippen molar-refractivity contribution in [2.45, 2.75) is 49.5 Å². The maximum absolute atomic E-state index is 12.2. The predicted molar refractivity (Wildman–Crippen MR) is 61.7 cm³/mol. The van der Waals surface area contributed by atoms with Crippen LogP contribution in [0.1, 0.15) is 39.0 Å². The fourth-order valence-electron chi connectivity index (χ4n) is 2.65. The van der Waals surface area contributed by atoms with Crippen LogP contribution in [-0.4, -0.2) is 43.5 Å². The number of sulfone groups is 1. The molecule has 0 aromatic rings. The van der Waals surface area contributed by atoms with Crippen molar-refractivity contribution in [3.05, 3.63) is 0 Å². The number of rotatable bonds is 3. The van der Waals surface area contributed by atoms with E-state index in [1.54, 1.807) is 0 Å². The first-order valence-corrected chi connectivity index (χ1v) is 7.70. The summed E-state index contributed by atoms with van der Waals surface area (Å²) in [4.78, 5) is 2.20. The summed E-state index contributed by atoms with van der Waals surface area (Å²) in [7, 11) is -2.81. The molecule has 1 aliphatic carbocycles. The molecule has 0 radical (unpaired) electrons. The Morgan fingerprint density at radius 3 is 2.20 bits per heavy atom. The van der Waals surface area contributed by atoms with Crippen molar-refractivity contribution in [1.82, 2.24) is 4.90 Å².